The number of amides is 1. The molecule has 24 heavy (non-hydrogen) atoms. The zero-order valence-electron chi connectivity index (χ0n) is 13.0. The average Bonchev–Trinajstić information content (AvgIpc) is 3.10. The lowest BCUT2D eigenvalue weighted by Gasteiger charge is -2.03. The quantitative estimate of drug-likeness (QED) is 0.700. The smallest absolute Gasteiger partial charge is 0.273 e. The van der Waals surface area contributed by atoms with Crippen LogP contribution in [0.3, 0.4) is 0 Å². The Hall–Kier alpha value is -2.66. The molecule has 0 aliphatic carbocycles. The summed E-state index contributed by atoms with van der Waals surface area (Å²) in [5, 5.41) is 11.4. The van der Waals surface area contributed by atoms with Crippen LogP contribution in [0.4, 0.5) is 0 Å². The van der Waals surface area contributed by atoms with Crippen molar-refractivity contribution in [1.82, 2.24) is 20.3 Å². The maximum Gasteiger partial charge on any atom is 0.273 e. The van der Waals surface area contributed by atoms with Crippen LogP contribution in [0.5, 0.6) is 0 Å². The van der Waals surface area contributed by atoms with Crippen molar-refractivity contribution in [2.75, 3.05) is 6.54 Å². The standard InChI is InChI=1S/C18H17ClN4O/c19-15-9-4-10-16(12-15)23-13-17(21-22-23)18(24)20-11-5-8-14-6-2-1-3-7-14/h1-4,6-7,9-10,12-13H,5,8,11H2,(H,20,24). The van der Waals surface area contributed by atoms with Crippen LogP contribution in [-0.4, -0.2) is 27.4 Å². The second-order valence-corrected chi connectivity index (χ2v) is 5.81. The number of halogens is 1. The van der Waals surface area contributed by atoms with Crippen LogP contribution in [0.25, 0.3) is 5.69 Å². The minimum atomic E-state index is -0.226. The third-order valence-corrected chi connectivity index (χ3v) is 3.80. The first kappa shape index (κ1) is 16.2. The van der Waals surface area contributed by atoms with E-state index >= 15 is 0 Å². The molecular weight excluding hydrogens is 324 g/mol. The molecule has 0 atom stereocenters. The molecule has 1 heterocycles. The molecule has 6 heteroatoms. The Morgan fingerprint density at radius 1 is 1.12 bits per heavy atom. The van der Waals surface area contributed by atoms with E-state index in [4.69, 9.17) is 11.6 Å². The third-order valence-electron chi connectivity index (χ3n) is 3.57. The summed E-state index contributed by atoms with van der Waals surface area (Å²) < 4.78 is 1.53. The molecule has 0 fully saturated rings. The summed E-state index contributed by atoms with van der Waals surface area (Å²) in [6.45, 7) is 0.595. The van der Waals surface area contributed by atoms with Crippen LogP contribution in [0.2, 0.25) is 5.02 Å². The van der Waals surface area contributed by atoms with Gasteiger partial charge in [0.25, 0.3) is 5.91 Å². The zero-order valence-corrected chi connectivity index (χ0v) is 13.8. The molecule has 1 aromatic heterocycles. The summed E-state index contributed by atoms with van der Waals surface area (Å²) in [4.78, 5) is 12.1. The Morgan fingerprint density at radius 2 is 1.96 bits per heavy atom. The van der Waals surface area contributed by atoms with Gasteiger partial charge in [-0.25, -0.2) is 4.68 Å². The molecule has 1 N–H and O–H groups in total. The van der Waals surface area contributed by atoms with Gasteiger partial charge < -0.3 is 5.32 Å². The first-order chi connectivity index (χ1) is 11.7. The number of hydrogen-bond donors (Lipinski definition) is 1. The molecule has 1 amide bonds. The Kier molecular flexibility index (Phi) is 5.23. The van der Waals surface area contributed by atoms with Crippen LogP contribution in [0.15, 0.2) is 60.8 Å². The highest BCUT2D eigenvalue weighted by atomic mass is 35.5. The molecule has 0 radical (unpaired) electrons. The molecule has 0 aliphatic rings. The van der Waals surface area contributed by atoms with Crippen molar-refractivity contribution >= 4 is 17.5 Å². The Labute approximate surface area is 145 Å². The van der Waals surface area contributed by atoms with Crippen LogP contribution in [0, 0.1) is 0 Å². The number of rotatable bonds is 6. The van der Waals surface area contributed by atoms with Gasteiger partial charge in [0.1, 0.15) is 0 Å². The Morgan fingerprint density at radius 3 is 2.75 bits per heavy atom. The van der Waals surface area contributed by atoms with E-state index in [1.165, 1.54) is 10.2 Å². The predicted octanol–water partition coefficient (Wildman–Crippen LogP) is 3.28. The van der Waals surface area contributed by atoms with Crippen molar-refractivity contribution in [1.29, 1.82) is 0 Å². The molecule has 3 aromatic rings. The van der Waals surface area contributed by atoms with Crippen LogP contribution >= 0.6 is 11.6 Å². The Balaban J connectivity index is 1.52. The van der Waals surface area contributed by atoms with E-state index in [0.717, 1.165) is 18.5 Å². The van der Waals surface area contributed by atoms with E-state index in [1.54, 1.807) is 18.3 Å². The number of benzene rings is 2. The van der Waals surface area contributed by atoms with E-state index in [9.17, 15) is 4.79 Å². The van der Waals surface area contributed by atoms with Crippen LogP contribution < -0.4 is 5.32 Å². The maximum absolute atomic E-state index is 12.1. The minimum Gasteiger partial charge on any atom is -0.351 e. The molecule has 0 aliphatic heterocycles. The summed E-state index contributed by atoms with van der Waals surface area (Å²) in [6.07, 6.45) is 3.40. The van der Waals surface area contributed by atoms with Gasteiger partial charge >= 0.3 is 0 Å². The number of aryl methyl sites for hydroxylation is 1. The van der Waals surface area contributed by atoms with Crippen molar-refractivity contribution < 1.29 is 4.79 Å². The number of hydrogen-bond acceptors (Lipinski definition) is 3. The monoisotopic (exact) mass is 340 g/mol. The van der Waals surface area contributed by atoms with Gasteiger partial charge in [-0.15, -0.1) is 5.10 Å². The summed E-state index contributed by atoms with van der Waals surface area (Å²) in [7, 11) is 0. The molecule has 0 bridgehead atoms. The van der Waals surface area contributed by atoms with Crippen molar-refractivity contribution in [3.05, 3.63) is 77.1 Å². The van der Waals surface area contributed by atoms with Gasteiger partial charge in [-0.1, -0.05) is 53.2 Å². The molecule has 122 valence electrons. The fourth-order valence-electron chi connectivity index (χ4n) is 2.34. The summed E-state index contributed by atoms with van der Waals surface area (Å²) >= 11 is 5.96. The van der Waals surface area contributed by atoms with E-state index < -0.39 is 0 Å². The average molecular weight is 341 g/mol. The first-order valence-corrected chi connectivity index (χ1v) is 8.10. The van der Waals surface area contributed by atoms with Gasteiger partial charge in [0.2, 0.25) is 0 Å². The van der Waals surface area contributed by atoms with Crippen LogP contribution in [0.1, 0.15) is 22.5 Å². The number of carbonyl (C=O) groups is 1. The number of carbonyl (C=O) groups excluding carboxylic acids is 1. The number of nitrogens with one attached hydrogen (secondary N) is 1. The summed E-state index contributed by atoms with van der Waals surface area (Å²) in [5.41, 5.74) is 2.31. The zero-order chi connectivity index (χ0) is 16.8. The molecule has 0 unspecified atom stereocenters. The van der Waals surface area contributed by atoms with Crippen molar-refractivity contribution in [3.8, 4) is 5.69 Å². The predicted molar refractivity (Wildman–Crippen MR) is 93.5 cm³/mol. The van der Waals surface area contributed by atoms with Gasteiger partial charge in [0.05, 0.1) is 11.9 Å². The fraction of sp³-hybridized carbons (Fsp3) is 0.167. The maximum atomic E-state index is 12.1. The normalized spacial score (nSPS) is 10.5. The second-order valence-electron chi connectivity index (χ2n) is 5.37. The summed E-state index contributed by atoms with van der Waals surface area (Å²) in [5.74, 6) is -0.226. The lowest BCUT2D eigenvalue weighted by molar-refractivity contribution is 0.0948. The molecule has 3 rings (SSSR count). The second kappa shape index (κ2) is 7.75. The lowest BCUT2D eigenvalue weighted by atomic mass is 10.1. The SMILES string of the molecule is O=C(NCCCc1ccccc1)c1cn(-c2cccc(Cl)c2)nn1. The minimum absolute atomic E-state index is 0.226. The molecular formula is C18H17ClN4O. The van der Waals surface area contributed by atoms with Gasteiger partial charge in [-0.2, -0.15) is 0 Å². The van der Waals surface area contributed by atoms with Crippen molar-refractivity contribution in [3.63, 3.8) is 0 Å². The van der Waals surface area contributed by atoms with Gasteiger partial charge in [0, 0.05) is 11.6 Å². The fourth-order valence-corrected chi connectivity index (χ4v) is 2.53. The Bertz CT molecular complexity index is 817. The lowest BCUT2D eigenvalue weighted by Crippen LogP contribution is -2.25. The topological polar surface area (TPSA) is 59.8 Å². The third kappa shape index (κ3) is 4.20. The molecule has 0 saturated heterocycles. The van der Waals surface area contributed by atoms with E-state index in [2.05, 4.69) is 27.8 Å². The van der Waals surface area contributed by atoms with Crippen molar-refractivity contribution in [2.45, 2.75) is 12.8 Å². The highest BCUT2D eigenvalue weighted by molar-refractivity contribution is 6.30. The molecule has 0 spiro atoms. The molecule has 5 nitrogen and oxygen atoms in total. The van der Waals surface area contributed by atoms with Crippen LogP contribution in [-0.2, 0) is 6.42 Å². The highest BCUT2D eigenvalue weighted by Crippen LogP contribution is 2.14. The number of aromatic nitrogens is 3. The highest BCUT2D eigenvalue weighted by Gasteiger charge is 2.11. The van der Waals surface area contributed by atoms with E-state index in [0.29, 0.717) is 11.6 Å². The van der Waals surface area contributed by atoms with Crippen molar-refractivity contribution in [2.24, 2.45) is 0 Å². The first-order valence-electron chi connectivity index (χ1n) is 7.73. The largest absolute Gasteiger partial charge is 0.351 e. The van der Waals surface area contributed by atoms with Gasteiger partial charge in [-0.05, 0) is 36.6 Å². The summed E-state index contributed by atoms with van der Waals surface area (Å²) in [6, 6.07) is 17.4. The van der Waals surface area contributed by atoms with E-state index in [1.807, 2.05) is 30.3 Å². The molecule has 2 aromatic carbocycles. The van der Waals surface area contributed by atoms with E-state index in [-0.39, 0.29) is 11.6 Å². The molecule has 0 saturated carbocycles. The van der Waals surface area contributed by atoms with Gasteiger partial charge in [-0.3, -0.25) is 4.79 Å². The number of nitrogens with zero attached hydrogens (tertiary/aromatic N) is 3. The van der Waals surface area contributed by atoms with Gasteiger partial charge in [0.15, 0.2) is 5.69 Å².